The third-order valence-corrected chi connectivity index (χ3v) is 0. The van der Waals surface area contributed by atoms with Gasteiger partial charge in [0.2, 0.25) is 0 Å². The largest absolute Gasteiger partial charge is 2.00 e. The summed E-state index contributed by atoms with van der Waals surface area (Å²) in [6.45, 7) is 0. The molecule has 0 saturated carbocycles. The smallest absolute Gasteiger partial charge is 1.00 e. The summed E-state index contributed by atoms with van der Waals surface area (Å²) < 4.78 is 0. The molecule has 0 aliphatic carbocycles. The van der Waals surface area contributed by atoms with Crippen molar-refractivity contribution in [2.45, 2.75) is 0 Å². The van der Waals surface area contributed by atoms with Gasteiger partial charge in [0.05, 0.1) is 0 Å². The summed E-state index contributed by atoms with van der Waals surface area (Å²) >= 11 is 0. The van der Waals surface area contributed by atoms with Crippen LogP contribution in [0.1, 0.15) is 4.28 Å². The fourth-order valence-corrected chi connectivity index (χ4v) is 0. The predicted molar refractivity (Wildman–Crippen MR) is 17.9 cm³/mol. The van der Waals surface area contributed by atoms with E-state index in [1.165, 1.54) is 0 Å². The summed E-state index contributed by atoms with van der Waals surface area (Å²) in [7, 11) is 0. The van der Waals surface area contributed by atoms with E-state index in [2.05, 4.69) is 0 Å². The van der Waals surface area contributed by atoms with E-state index in [0.29, 0.717) is 0 Å². The zero-order valence-corrected chi connectivity index (χ0v) is 9.86. The third-order valence-electron chi connectivity index (χ3n) is 0. The van der Waals surface area contributed by atoms with Crippen LogP contribution in [0.4, 0.5) is 0 Å². The Labute approximate surface area is 101 Å². The van der Waals surface area contributed by atoms with Crippen LogP contribution in [0.15, 0.2) is 0 Å². The minimum atomic E-state index is -1.50. The molecule has 0 amide bonds. The average molecular weight is 226 g/mol. The topological polar surface area (TPSA) is 63.4 Å². The van der Waals surface area contributed by atoms with Gasteiger partial charge in [0.1, 0.15) is 0 Å². The van der Waals surface area contributed by atoms with Crippen molar-refractivity contribution in [3.8, 4) is 0 Å². The standard InChI is InChI=1S/Ba.HNO3.Na.3H/c;2-1(3)4;;;;/h;(H,2,3,4);;;;/q+2;;+1;3*-1. The fourth-order valence-electron chi connectivity index (χ4n) is 0. The van der Waals surface area contributed by atoms with Crippen LogP contribution in [0, 0.1) is 10.1 Å². The first kappa shape index (κ1) is 15.7. The molecule has 0 bridgehead atoms. The molecule has 0 atom stereocenters. The van der Waals surface area contributed by atoms with E-state index < -0.39 is 5.09 Å². The second-order valence-corrected chi connectivity index (χ2v) is 0.238. The van der Waals surface area contributed by atoms with Crippen LogP contribution < -0.4 is 29.6 Å². The molecular weight excluding hydrogens is 222 g/mol. The zero-order valence-electron chi connectivity index (χ0n) is 6.42. The van der Waals surface area contributed by atoms with Gasteiger partial charge in [-0.1, -0.05) is 0 Å². The molecule has 0 fully saturated rings. The fraction of sp³-hybridized carbons (Fsp3) is 0. The van der Waals surface area contributed by atoms with Gasteiger partial charge in [0.15, 0.2) is 0 Å². The molecule has 6 heavy (non-hydrogen) atoms. The summed E-state index contributed by atoms with van der Waals surface area (Å²) in [4.78, 5) is 8.36. The van der Waals surface area contributed by atoms with Gasteiger partial charge >= 0.3 is 78.4 Å². The van der Waals surface area contributed by atoms with E-state index in [-0.39, 0.29) is 82.7 Å². The van der Waals surface area contributed by atoms with Gasteiger partial charge in [-0.05, 0) is 0 Å². The van der Waals surface area contributed by atoms with Crippen molar-refractivity contribution in [1.29, 1.82) is 0 Å². The van der Waals surface area contributed by atoms with Crippen LogP contribution in [0.2, 0.25) is 0 Å². The Kier molecular flexibility index (Phi) is 25.8. The van der Waals surface area contributed by atoms with Crippen molar-refractivity contribution in [2.75, 3.05) is 0 Å². The van der Waals surface area contributed by atoms with Crippen molar-refractivity contribution in [3.63, 3.8) is 0 Å². The van der Waals surface area contributed by atoms with Gasteiger partial charge in [0.25, 0.3) is 5.09 Å². The Morgan fingerprint density at radius 1 is 1.83 bits per heavy atom. The summed E-state index contributed by atoms with van der Waals surface area (Å²) in [6.07, 6.45) is 0. The van der Waals surface area contributed by atoms with Crippen LogP contribution in [-0.2, 0) is 0 Å². The Morgan fingerprint density at radius 2 is 1.83 bits per heavy atom. The Bertz CT molecular complexity index is 42.0. The summed E-state index contributed by atoms with van der Waals surface area (Å²) in [5.74, 6) is 0. The normalized spacial score (nSPS) is 4.00. The van der Waals surface area contributed by atoms with Gasteiger partial charge < -0.3 is 9.49 Å². The van der Waals surface area contributed by atoms with Crippen LogP contribution in [0.3, 0.4) is 0 Å². The maximum Gasteiger partial charge on any atom is 2.00 e. The number of nitrogens with zero attached hydrogens (tertiary/aromatic N) is 1. The molecule has 0 rings (SSSR count). The molecule has 0 aliphatic rings. The first-order chi connectivity index (χ1) is 1.73. The molecule has 0 radical (unpaired) electrons. The van der Waals surface area contributed by atoms with E-state index in [1.54, 1.807) is 0 Å². The van der Waals surface area contributed by atoms with Crippen molar-refractivity contribution >= 4 is 48.9 Å². The van der Waals surface area contributed by atoms with Gasteiger partial charge in [-0.25, -0.2) is 0 Å². The number of hydrogen-bond acceptors (Lipinski definition) is 2. The van der Waals surface area contributed by atoms with Crippen LogP contribution in [0.25, 0.3) is 0 Å². The van der Waals surface area contributed by atoms with Gasteiger partial charge in [-0.2, -0.15) is 0 Å². The van der Waals surface area contributed by atoms with Crippen LogP contribution in [0.5, 0.6) is 0 Å². The SMILES string of the molecule is O=[N+]([O-])O.[Ba+2].[H-].[H-].[H-].[Na+]. The van der Waals surface area contributed by atoms with Gasteiger partial charge in [-0.15, -0.1) is 10.1 Å². The van der Waals surface area contributed by atoms with Crippen molar-refractivity contribution in [3.05, 3.63) is 10.1 Å². The minimum absolute atomic E-state index is 0. The molecule has 0 aromatic heterocycles. The van der Waals surface area contributed by atoms with Crippen LogP contribution >= 0.6 is 0 Å². The molecule has 6 heteroatoms. The van der Waals surface area contributed by atoms with Gasteiger partial charge in [0, 0.05) is 0 Å². The van der Waals surface area contributed by atoms with E-state index in [4.69, 9.17) is 15.3 Å². The first-order valence-electron chi connectivity index (χ1n) is 0.565. The van der Waals surface area contributed by atoms with Crippen molar-refractivity contribution in [1.82, 2.24) is 0 Å². The summed E-state index contributed by atoms with van der Waals surface area (Å²) in [5.41, 5.74) is 0. The zero-order chi connectivity index (χ0) is 3.58. The molecule has 1 N–H and O–H groups in total. The quantitative estimate of drug-likeness (QED) is 0.266. The number of rotatable bonds is 0. The Hall–Kier alpha value is 1.77. The van der Waals surface area contributed by atoms with E-state index in [9.17, 15) is 0 Å². The average Bonchev–Trinajstić information content (AvgIpc) is 0.811. The Balaban J connectivity index is -0.00000000450. The molecule has 0 aromatic rings. The molecule has 0 heterocycles. The summed E-state index contributed by atoms with van der Waals surface area (Å²) in [5, 5.41) is 13.6. The predicted octanol–water partition coefficient (Wildman–Crippen LogP) is -3.39. The molecule has 0 aromatic carbocycles. The van der Waals surface area contributed by atoms with Crippen molar-refractivity contribution < 1.29 is 44.1 Å². The monoisotopic (exact) mass is 227 g/mol. The molecule has 0 saturated heterocycles. The number of hydrogen-bond donors (Lipinski definition) is 1. The van der Waals surface area contributed by atoms with E-state index in [0.717, 1.165) is 0 Å². The first-order valence-corrected chi connectivity index (χ1v) is 0.565. The summed E-state index contributed by atoms with van der Waals surface area (Å²) in [6, 6.07) is 0. The molecule has 0 aliphatic heterocycles. The second kappa shape index (κ2) is 9.91. The Morgan fingerprint density at radius 3 is 1.83 bits per heavy atom. The third kappa shape index (κ3) is 41.9. The van der Waals surface area contributed by atoms with E-state index >= 15 is 0 Å². The van der Waals surface area contributed by atoms with Gasteiger partial charge in [-0.3, -0.25) is 0 Å². The van der Waals surface area contributed by atoms with Crippen LogP contribution in [-0.4, -0.2) is 59.2 Å². The molecule has 30 valence electrons. The van der Waals surface area contributed by atoms with Crippen molar-refractivity contribution in [2.24, 2.45) is 0 Å². The minimum Gasteiger partial charge on any atom is -1.00 e. The maximum absolute atomic E-state index is 8.36. The molecule has 0 unspecified atom stereocenters. The second-order valence-electron chi connectivity index (χ2n) is 0.238. The molecular formula is H4BaNNaO3. The molecule has 0 spiro atoms. The van der Waals surface area contributed by atoms with E-state index in [1.807, 2.05) is 0 Å². The molecule has 4 nitrogen and oxygen atoms in total. The maximum atomic E-state index is 8.36.